The van der Waals surface area contributed by atoms with Gasteiger partial charge in [0, 0.05) is 26.0 Å². The van der Waals surface area contributed by atoms with E-state index in [1.54, 1.807) is 6.20 Å². The van der Waals surface area contributed by atoms with Crippen LogP contribution in [0.1, 0.15) is 26.0 Å². The Morgan fingerprint density at radius 1 is 1.32 bits per heavy atom. The summed E-state index contributed by atoms with van der Waals surface area (Å²) in [5, 5.41) is 3.26. The van der Waals surface area contributed by atoms with Crippen molar-refractivity contribution < 1.29 is 0 Å². The molecule has 0 atom stereocenters. The summed E-state index contributed by atoms with van der Waals surface area (Å²) in [6, 6.07) is 0. The third kappa shape index (κ3) is 2.94. The normalized spacial score (nSPS) is 10.7. The Morgan fingerprint density at radius 2 is 2.11 bits per heavy atom. The maximum absolute atomic E-state index is 4.63. The topological polar surface area (TPSA) is 55.6 Å². The lowest BCUT2D eigenvalue weighted by molar-refractivity contribution is 0.852. The van der Waals surface area contributed by atoms with E-state index in [-0.39, 0.29) is 0 Å². The monoisotopic (exact) mass is 323 g/mol. The maximum atomic E-state index is 4.63. The number of aromatic nitrogens is 4. The van der Waals surface area contributed by atoms with Gasteiger partial charge in [0.15, 0.2) is 11.6 Å². The summed E-state index contributed by atoms with van der Waals surface area (Å²) in [6.45, 7) is 5.01. The Balaban J connectivity index is 2.52. The number of nitrogens with one attached hydrogen (secondary N) is 1. The zero-order valence-electron chi connectivity index (χ0n) is 11.4. The second kappa shape index (κ2) is 6.14. The number of aryl methyl sites for hydroxylation is 2. The van der Waals surface area contributed by atoms with E-state index in [1.807, 2.05) is 17.8 Å². The van der Waals surface area contributed by atoms with Gasteiger partial charge in [0.05, 0.1) is 10.2 Å². The highest BCUT2D eigenvalue weighted by Crippen LogP contribution is 2.27. The van der Waals surface area contributed by atoms with Crippen molar-refractivity contribution in [3.05, 3.63) is 22.6 Å². The molecule has 0 spiro atoms. The van der Waals surface area contributed by atoms with Crippen molar-refractivity contribution >= 4 is 21.7 Å². The van der Waals surface area contributed by atoms with E-state index >= 15 is 0 Å². The molecule has 5 nitrogen and oxygen atoms in total. The molecule has 2 rings (SSSR count). The van der Waals surface area contributed by atoms with Gasteiger partial charge in [-0.05, 0) is 29.3 Å². The van der Waals surface area contributed by atoms with Gasteiger partial charge in [-0.15, -0.1) is 0 Å². The van der Waals surface area contributed by atoms with Gasteiger partial charge < -0.3 is 9.88 Å². The van der Waals surface area contributed by atoms with Crippen LogP contribution in [0.5, 0.6) is 0 Å². The Morgan fingerprint density at radius 3 is 2.68 bits per heavy atom. The molecule has 0 saturated heterocycles. The molecular weight excluding hydrogens is 306 g/mol. The van der Waals surface area contributed by atoms with E-state index < -0.39 is 0 Å². The SMILES string of the molecule is CCCc1nc(-c2nccn2C)nc(NCC)c1Br. The van der Waals surface area contributed by atoms with Crippen molar-refractivity contribution in [1.82, 2.24) is 19.5 Å². The highest BCUT2D eigenvalue weighted by Gasteiger charge is 2.14. The Kier molecular flexibility index (Phi) is 4.52. The van der Waals surface area contributed by atoms with Gasteiger partial charge in [0.1, 0.15) is 5.82 Å². The van der Waals surface area contributed by atoms with Crippen LogP contribution in [0.4, 0.5) is 5.82 Å². The summed E-state index contributed by atoms with van der Waals surface area (Å²) in [5.41, 5.74) is 1.02. The minimum Gasteiger partial charge on any atom is -0.369 e. The Hall–Kier alpha value is -1.43. The summed E-state index contributed by atoms with van der Waals surface area (Å²) in [6.07, 6.45) is 5.61. The van der Waals surface area contributed by atoms with Gasteiger partial charge in [-0.2, -0.15) is 0 Å². The van der Waals surface area contributed by atoms with Crippen LogP contribution in [-0.4, -0.2) is 26.1 Å². The highest BCUT2D eigenvalue weighted by molar-refractivity contribution is 9.10. The van der Waals surface area contributed by atoms with Crippen molar-refractivity contribution in [2.24, 2.45) is 7.05 Å². The molecule has 0 fully saturated rings. The molecule has 0 amide bonds. The fourth-order valence-corrected chi connectivity index (χ4v) is 2.38. The second-order valence-electron chi connectivity index (χ2n) is 4.30. The van der Waals surface area contributed by atoms with Gasteiger partial charge in [0.25, 0.3) is 0 Å². The first-order valence-electron chi connectivity index (χ1n) is 6.45. The second-order valence-corrected chi connectivity index (χ2v) is 5.09. The van der Waals surface area contributed by atoms with Crippen molar-refractivity contribution in [1.29, 1.82) is 0 Å². The predicted octanol–water partition coefficient (Wildman–Crippen LogP) is 3.02. The van der Waals surface area contributed by atoms with Gasteiger partial charge in [0.2, 0.25) is 0 Å². The van der Waals surface area contributed by atoms with Crippen molar-refractivity contribution in [2.45, 2.75) is 26.7 Å². The molecule has 0 saturated carbocycles. The molecule has 0 aliphatic carbocycles. The van der Waals surface area contributed by atoms with Crippen LogP contribution < -0.4 is 5.32 Å². The van der Waals surface area contributed by atoms with E-state index in [4.69, 9.17) is 0 Å². The quantitative estimate of drug-likeness (QED) is 0.918. The smallest absolute Gasteiger partial charge is 0.198 e. The first-order chi connectivity index (χ1) is 9.17. The minimum absolute atomic E-state index is 0.662. The van der Waals surface area contributed by atoms with Gasteiger partial charge in [-0.1, -0.05) is 13.3 Å². The van der Waals surface area contributed by atoms with Crippen LogP contribution >= 0.6 is 15.9 Å². The molecule has 0 radical (unpaired) electrons. The molecule has 2 heterocycles. The first kappa shape index (κ1) is 14.0. The molecule has 2 aromatic heterocycles. The molecule has 19 heavy (non-hydrogen) atoms. The third-order valence-electron chi connectivity index (χ3n) is 2.77. The lowest BCUT2D eigenvalue weighted by Gasteiger charge is -2.11. The lowest BCUT2D eigenvalue weighted by atomic mass is 10.2. The summed E-state index contributed by atoms with van der Waals surface area (Å²) in [4.78, 5) is 13.5. The van der Waals surface area contributed by atoms with Gasteiger partial charge in [-0.25, -0.2) is 15.0 Å². The standard InChI is InChI=1S/C13H18BrN5/c1-4-6-9-10(14)11(15-5-2)18-12(17-9)13-16-7-8-19(13)3/h7-8H,4-6H2,1-3H3,(H,15,17,18). The Bertz CT molecular complexity index is 537. The minimum atomic E-state index is 0.662. The van der Waals surface area contributed by atoms with E-state index in [2.05, 4.69) is 50.0 Å². The average molecular weight is 324 g/mol. The van der Waals surface area contributed by atoms with Gasteiger partial charge >= 0.3 is 0 Å². The molecule has 0 aromatic carbocycles. The van der Waals surface area contributed by atoms with Crippen LogP contribution in [0.25, 0.3) is 11.6 Å². The lowest BCUT2D eigenvalue weighted by Crippen LogP contribution is -2.07. The first-order valence-corrected chi connectivity index (χ1v) is 7.24. The number of hydrogen-bond donors (Lipinski definition) is 1. The van der Waals surface area contributed by atoms with Crippen LogP contribution in [-0.2, 0) is 13.5 Å². The molecular formula is C13H18BrN5. The summed E-state index contributed by atoms with van der Waals surface area (Å²) in [5.74, 6) is 2.28. The number of imidazole rings is 1. The molecule has 0 aliphatic rings. The van der Waals surface area contributed by atoms with Crippen LogP contribution in [0.15, 0.2) is 16.9 Å². The van der Waals surface area contributed by atoms with E-state index in [0.29, 0.717) is 5.82 Å². The summed E-state index contributed by atoms with van der Waals surface area (Å²) >= 11 is 3.58. The molecule has 0 unspecified atom stereocenters. The van der Waals surface area contributed by atoms with Crippen molar-refractivity contribution in [3.8, 4) is 11.6 Å². The molecule has 2 aromatic rings. The predicted molar refractivity (Wildman–Crippen MR) is 80.1 cm³/mol. The number of rotatable bonds is 5. The number of halogens is 1. The van der Waals surface area contributed by atoms with E-state index in [1.165, 1.54) is 0 Å². The van der Waals surface area contributed by atoms with Crippen LogP contribution in [0, 0.1) is 0 Å². The Labute approximate surface area is 121 Å². The summed E-state index contributed by atoms with van der Waals surface area (Å²) in [7, 11) is 1.94. The number of hydrogen-bond acceptors (Lipinski definition) is 4. The zero-order chi connectivity index (χ0) is 13.8. The van der Waals surface area contributed by atoms with Crippen molar-refractivity contribution in [2.75, 3.05) is 11.9 Å². The van der Waals surface area contributed by atoms with Crippen molar-refractivity contribution in [3.63, 3.8) is 0 Å². The average Bonchev–Trinajstić information content (AvgIpc) is 2.81. The van der Waals surface area contributed by atoms with Crippen LogP contribution in [0.3, 0.4) is 0 Å². The molecule has 6 heteroatoms. The fraction of sp³-hybridized carbons (Fsp3) is 0.462. The molecule has 102 valence electrons. The molecule has 1 N–H and O–H groups in total. The van der Waals surface area contributed by atoms with Gasteiger partial charge in [-0.3, -0.25) is 0 Å². The molecule has 0 aliphatic heterocycles. The highest BCUT2D eigenvalue weighted by atomic mass is 79.9. The number of nitrogens with zero attached hydrogens (tertiary/aromatic N) is 4. The number of anilines is 1. The zero-order valence-corrected chi connectivity index (χ0v) is 13.0. The third-order valence-corrected chi connectivity index (χ3v) is 3.61. The maximum Gasteiger partial charge on any atom is 0.198 e. The van der Waals surface area contributed by atoms with E-state index in [9.17, 15) is 0 Å². The van der Waals surface area contributed by atoms with Crippen LogP contribution in [0.2, 0.25) is 0 Å². The largest absolute Gasteiger partial charge is 0.369 e. The van der Waals surface area contributed by atoms with E-state index in [0.717, 1.165) is 41.2 Å². The fourth-order valence-electron chi connectivity index (χ4n) is 1.86. The molecule has 0 bridgehead atoms. The summed E-state index contributed by atoms with van der Waals surface area (Å²) < 4.78 is 2.88.